The molecule has 1 N–H and O–H groups in total. The first-order valence-corrected chi connectivity index (χ1v) is 8.42. The van der Waals surface area contributed by atoms with E-state index in [0.29, 0.717) is 10.8 Å². The van der Waals surface area contributed by atoms with Crippen molar-refractivity contribution in [2.45, 2.75) is 17.3 Å². The molecule has 3 aromatic rings. The first-order valence-electron chi connectivity index (χ1n) is 7.17. The number of hydrogen-bond donors (Lipinski definition) is 1. The Morgan fingerprint density at radius 1 is 1.36 bits per heavy atom. The average Bonchev–Trinajstić information content (AvgIpc) is 2.99. The number of amides is 1. The summed E-state index contributed by atoms with van der Waals surface area (Å²) in [7, 11) is 0. The molecule has 0 aliphatic carbocycles. The molecule has 1 aromatic carbocycles. The number of benzene rings is 1. The average molecular weight is 378 g/mol. The van der Waals surface area contributed by atoms with E-state index in [1.54, 1.807) is 17.5 Å². The largest absolute Gasteiger partial charge is 0.324 e. The summed E-state index contributed by atoms with van der Waals surface area (Å²) in [6, 6.07) is 9.37. The number of anilines is 1. The van der Waals surface area contributed by atoms with E-state index in [0.717, 1.165) is 0 Å². The van der Waals surface area contributed by atoms with E-state index in [1.807, 2.05) is 18.2 Å². The van der Waals surface area contributed by atoms with Gasteiger partial charge in [-0.15, -0.1) is 10.2 Å². The van der Waals surface area contributed by atoms with Gasteiger partial charge in [-0.1, -0.05) is 29.4 Å². The van der Waals surface area contributed by atoms with Crippen LogP contribution in [0.3, 0.4) is 0 Å². The summed E-state index contributed by atoms with van der Waals surface area (Å²) in [5, 5.41) is 21.8. The number of nitrogens with one attached hydrogen (secondary N) is 1. The first kappa shape index (κ1) is 17.2. The number of pyridine rings is 1. The van der Waals surface area contributed by atoms with E-state index < -0.39 is 10.2 Å². The Morgan fingerprint density at radius 2 is 2.16 bits per heavy atom. The number of carbonyl (C=O) groups excluding carboxylic acids is 1. The summed E-state index contributed by atoms with van der Waals surface area (Å²) in [6.07, 6.45) is 1.81. The van der Waals surface area contributed by atoms with Crippen LogP contribution in [0.25, 0.3) is 5.65 Å². The van der Waals surface area contributed by atoms with Gasteiger partial charge in [-0.25, -0.2) is 0 Å². The minimum absolute atomic E-state index is 0.150. The third kappa shape index (κ3) is 3.72. The standard InChI is InChI=1S/C15H12ClN5O3S/c1-9(25-15-19-18-13-4-2-3-7-20(13)15)14(22)17-12-8-10(21(23)24)5-6-11(12)16/h2-9H,1H3,(H,17,22). The minimum atomic E-state index is -0.549. The number of thioether (sulfide) groups is 1. The van der Waals surface area contributed by atoms with E-state index in [-0.39, 0.29) is 22.3 Å². The maximum Gasteiger partial charge on any atom is 0.271 e. The molecule has 25 heavy (non-hydrogen) atoms. The van der Waals surface area contributed by atoms with Crippen molar-refractivity contribution in [1.82, 2.24) is 14.6 Å². The minimum Gasteiger partial charge on any atom is -0.324 e. The second kappa shape index (κ2) is 7.08. The van der Waals surface area contributed by atoms with Crippen LogP contribution in [-0.4, -0.2) is 30.7 Å². The lowest BCUT2D eigenvalue weighted by atomic mass is 10.2. The molecule has 3 rings (SSSR count). The van der Waals surface area contributed by atoms with Crippen LogP contribution in [0.1, 0.15) is 6.92 Å². The number of halogens is 1. The molecule has 0 saturated carbocycles. The topological polar surface area (TPSA) is 102 Å². The van der Waals surface area contributed by atoms with Gasteiger partial charge in [0.15, 0.2) is 10.8 Å². The Bertz CT molecular complexity index is 961. The Labute approximate surface area is 151 Å². The molecule has 10 heteroatoms. The predicted octanol–water partition coefficient (Wildman–Crippen LogP) is 3.41. The number of rotatable bonds is 5. The van der Waals surface area contributed by atoms with Crippen LogP contribution in [0.4, 0.5) is 11.4 Å². The van der Waals surface area contributed by atoms with Gasteiger partial charge in [-0.3, -0.25) is 19.3 Å². The fourth-order valence-corrected chi connectivity index (χ4v) is 3.07. The highest BCUT2D eigenvalue weighted by molar-refractivity contribution is 8.00. The van der Waals surface area contributed by atoms with Crippen LogP contribution in [0.15, 0.2) is 47.8 Å². The quantitative estimate of drug-likeness (QED) is 0.415. The van der Waals surface area contributed by atoms with Crippen LogP contribution in [0.5, 0.6) is 0 Å². The lowest BCUT2D eigenvalue weighted by Crippen LogP contribution is -2.23. The van der Waals surface area contributed by atoms with E-state index in [4.69, 9.17) is 11.6 Å². The molecule has 128 valence electrons. The lowest BCUT2D eigenvalue weighted by Gasteiger charge is -2.12. The highest BCUT2D eigenvalue weighted by Crippen LogP contribution is 2.28. The Hall–Kier alpha value is -2.65. The van der Waals surface area contributed by atoms with Gasteiger partial charge in [0.2, 0.25) is 5.91 Å². The molecule has 1 amide bonds. The molecular weight excluding hydrogens is 366 g/mol. The molecular formula is C15H12ClN5O3S. The van der Waals surface area contributed by atoms with Crippen LogP contribution in [-0.2, 0) is 4.79 Å². The molecule has 0 bridgehead atoms. The maximum absolute atomic E-state index is 12.4. The number of nitro groups is 1. The third-order valence-electron chi connectivity index (χ3n) is 3.35. The van der Waals surface area contributed by atoms with Crippen molar-refractivity contribution in [3.05, 3.63) is 57.7 Å². The monoisotopic (exact) mass is 377 g/mol. The number of hydrogen-bond acceptors (Lipinski definition) is 6. The molecule has 2 aromatic heterocycles. The van der Waals surface area contributed by atoms with E-state index in [2.05, 4.69) is 15.5 Å². The molecule has 1 atom stereocenters. The van der Waals surface area contributed by atoms with E-state index >= 15 is 0 Å². The van der Waals surface area contributed by atoms with Gasteiger partial charge in [-0.05, 0) is 25.1 Å². The van der Waals surface area contributed by atoms with Crippen LogP contribution in [0.2, 0.25) is 5.02 Å². The molecule has 0 aliphatic rings. The molecule has 0 radical (unpaired) electrons. The van der Waals surface area contributed by atoms with Crippen molar-refractivity contribution in [2.24, 2.45) is 0 Å². The van der Waals surface area contributed by atoms with Gasteiger partial charge < -0.3 is 5.32 Å². The number of fused-ring (bicyclic) bond motifs is 1. The SMILES string of the molecule is CC(Sc1nnc2ccccn12)C(=O)Nc1cc([N+](=O)[O-])ccc1Cl. The molecule has 0 fully saturated rings. The number of nitrogens with zero attached hydrogens (tertiary/aromatic N) is 4. The van der Waals surface area contributed by atoms with Crippen molar-refractivity contribution < 1.29 is 9.72 Å². The van der Waals surface area contributed by atoms with Gasteiger partial charge in [0.05, 0.1) is 20.9 Å². The van der Waals surface area contributed by atoms with Crippen molar-refractivity contribution in [3.8, 4) is 0 Å². The van der Waals surface area contributed by atoms with Gasteiger partial charge in [0.1, 0.15) is 0 Å². The van der Waals surface area contributed by atoms with Crippen molar-refractivity contribution in [3.63, 3.8) is 0 Å². The van der Waals surface area contributed by atoms with Gasteiger partial charge in [-0.2, -0.15) is 0 Å². The zero-order chi connectivity index (χ0) is 18.0. The summed E-state index contributed by atoms with van der Waals surface area (Å²) in [5.74, 6) is -0.347. The fourth-order valence-electron chi connectivity index (χ4n) is 2.07. The number of nitro benzene ring substituents is 1. The zero-order valence-electron chi connectivity index (χ0n) is 12.9. The normalized spacial score (nSPS) is 12.1. The highest BCUT2D eigenvalue weighted by Gasteiger charge is 2.20. The van der Waals surface area contributed by atoms with E-state index in [9.17, 15) is 14.9 Å². The van der Waals surface area contributed by atoms with Crippen molar-refractivity contribution in [2.75, 3.05) is 5.32 Å². The summed E-state index contributed by atoms with van der Waals surface area (Å²) in [4.78, 5) is 22.7. The third-order valence-corrected chi connectivity index (χ3v) is 4.74. The molecule has 0 saturated heterocycles. The Balaban J connectivity index is 1.75. The fraction of sp³-hybridized carbons (Fsp3) is 0.133. The Morgan fingerprint density at radius 3 is 2.92 bits per heavy atom. The summed E-state index contributed by atoms with van der Waals surface area (Å²) in [6.45, 7) is 1.70. The first-order chi connectivity index (χ1) is 12.0. The number of non-ortho nitro benzene ring substituents is 1. The summed E-state index contributed by atoms with van der Waals surface area (Å²) in [5.41, 5.74) is 0.724. The highest BCUT2D eigenvalue weighted by atomic mass is 35.5. The summed E-state index contributed by atoms with van der Waals surface area (Å²) >= 11 is 7.22. The Kier molecular flexibility index (Phi) is 4.86. The second-order valence-corrected chi connectivity index (χ2v) is 6.80. The van der Waals surface area contributed by atoms with Crippen LogP contribution < -0.4 is 5.32 Å². The molecule has 0 aliphatic heterocycles. The predicted molar refractivity (Wildman–Crippen MR) is 95.0 cm³/mol. The van der Waals surface area contributed by atoms with Gasteiger partial charge in [0, 0.05) is 18.3 Å². The lowest BCUT2D eigenvalue weighted by molar-refractivity contribution is -0.384. The zero-order valence-corrected chi connectivity index (χ0v) is 14.5. The van der Waals surface area contributed by atoms with E-state index in [1.165, 1.54) is 30.0 Å². The van der Waals surface area contributed by atoms with Gasteiger partial charge >= 0.3 is 0 Å². The second-order valence-electron chi connectivity index (χ2n) is 5.08. The maximum atomic E-state index is 12.4. The van der Waals surface area contributed by atoms with Crippen molar-refractivity contribution >= 4 is 46.3 Å². The molecule has 8 nitrogen and oxygen atoms in total. The number of carbonyl (C=O) groups is 1. The van der Waals surface area contributed by atoms with Crippen LogP contribution in [0, 0.1) is 10.1 Å². The number of aromatic nitrogens is 3. The molecule has 2 heterocycles. The van der Waals surface area contributed by atoms with Crippen molar-refractivity contribution in [1.29, 1.82) is 0 Å². The smallest absolute Gasteiger partial charge is 0.271 e. The summed E-state index contributed by atoms with van der Waals surface area (Å²) < 4.78 is 1.77. The molecule has 0 spiro atoms. The van der Waals surface area contributed by atoms with Crippen LogP contribution >= 0.6 is 23.4 Å². The molecule has 1 unspecified atom stereocenters. The van der Waals surface area contributed by atoms with Gasteiger partial charge in [0.25, 0.3) is 5.69 Å².